The molecule has 1 aromatic heterocycles. The number of imidazole rings is 1. The van der Waals surface area contributed by atoms with Crippen molar-refractivity contribution < 1.29 is 9.53 Å². The van der Waals surface area contributed by atoms with Gasteiger partial charge in [0.15, 0.2) is 5.69 Å². The number of nitrogens with one attached hydrogen (secondary N) is 1. The summed E-state index contributed by atoms with van der Waals surface area (Å²) in [5, 5.41) is 3.44. The molecule has 3 heterocycles. The molecule has 3 atom stereocenters. The van der Waals surface area contributed by atoms with Crippen LogP contribution in [0.3, 0.4) is 0 Å². The molecule has 0 bridgehead atoms. The first-order chi connectivity index (χ1) is 21.9. The third-order valence-electron chi connectivity index (χ3n) is 10.6. The highest BCUT2D eigenvalue weighted by Gasteiger charge is 2.53. The number of amides is 1. The summed E-state index contributed by atoms with van der Waals surface area (Å²) >= 11 is 6.71. The van der Waals surface area contributed by atoms with E-state index in [1.807, 2.05) is 24.4 Å². The van der Waals surface area contributed by atoms with E-state index >= 15 is 0 Å². The van der Waals surface area contributed by atoms with Gasteiger partial charge in [-0.15, -0.1) is 0 Å². The van der Waals surface area contributed by atoms with Crippen LogP contribution < -0.4 is 10.2 Å². The molecule has 1 unspecified atom stereocenters. The molecule has 1 aliphatic carbocycles. The van der Waals surface area contributed by atoms with Crippen molar-refractivity contribution >= 4 is 29.1 Å². The van der Waals surface area contributed by atoms with Gasteiger partial charge in [-0.05, 0) is 80.9 Å². The summed E-state index contributed by atoms with van der Waals surface area (Å²) in [6.45, 7) is 15.5. The van der Waals surface area contributed by atoms with Gasteiger partial charge in [-0.3, -0.25) is 0 Å². The number of aromatic nitrogens is 2. The van der Waals surface area contributed by atoms with Crippen LogP contribution in [0.4, 0.5) is 16.2 Å². The number of hydrogen-bond acceptors (Lipinski definition) is 5. The Hall–Kier alpha value is -3.54. The number of hydrogen-bond donors (Lipinski definition) is 1. The number of anilines is 1. The smallest absolute Gasteiger partial charge is 0.407 e. The van der Waals surface area contributed by atoms with E-state index in [4.69, 9.17) is 27.9 Å². The van der Waals surface area contributed by atoms with E-state index in [-0.39, 0.29) is 23.5 Å². The average Bonchev–Trinajstić information content (AvgIpc) is 3.71. The Morgan fingerprint density at radius 1 is 1.13 bits per heavy atom. The Kier molecular flexibility index (Phi) is 9.67. The highest BCUT2D eigenvalue weighted by atomic mass is 35.5. The van der Waals surface area contributed by atoms with E-state index in [0.717, 1.165) is 88.6 Å². The van der Waals surface area contributed by atoms with Crippen LogP contribution in [0.15, 0.2) is 60.9 Å². The van der Waals surface area contributed by atoms with Crippen molar-refractivity contribution in [1.29, 1.82) is 0 Å². The molecule has 8 nitrogen and oxygen atoms in total. The molecule has 3 aromatic rings. The lowest BCUT2D eigenvalue weighted by Gasteiger charge is -2.51. The summed E-state index contributed by atoms with van der Waals surface area (Å²) in [5.74, 6) is 2.31. The summed E-state index contributed by atoms with van der Waals surface area (Å²) in [7, 11) is 1.64. The Morgan fingerprint density at radius 3 is 2.60 bits per heavy atom. The SMILES string of the molecule is [C-]#[N+]c1ccc(N2CC(CN3CCC(C(Cn4ccnc4CC)(c4cccc(Cl)c4)[C@H]4CCC[C@@H]4OC(=O)NC)CC3)C2)cc1. The molecule has 2 aromatic carbocycles. The number of rotatable bonds is 10. The zero-order valence-corrected chi connectivity index (χ0v) is 27.3. The van der Waals surface area contributed by atoms with E-state index in [1.54, 1.807) is 7.05 Å². The van der Waals surface area contributed by atoms with Crippen LogP contribution in [-0.2, 0) is 23.1 Å². The normalized spacial score (nSPS) is 22.4. The van der Waals surface area contributed by atoms with Gasteiger partial charge in [-0.1, -0.05) is 42.8 Å². The van der Waals surface area contributed by atoms with Gasteiger partial charge in [0.2, 0.25) is 0 Å². The second kappa shape index (κ2) is 13.8. The van der Waals surface area contributed by atoms with Crippen LogP contribution >= 0.6 is 11.6 Å². The zero-order chi connectivity index (χ0) is 31.4. The van der Waals surface area contributed by atoms with Crippen molar-refractivity contribution in [3.63, 3.8) is 0 Å². The fourth-order valence-corrected chi connectivity index (χ4v) is 8.62. The minimum Gasteiger partial charge on any atom is -0.446 e. The predicted molar refractivity (Wildman–Crippen MR) is 179 cm³/mol. The predicted octanol–water partition coefficient (Wildman–Crippen LogP) is 6.96. The van der Waals surface area contributed by atoms with Crippen LogP contribution in [-0.4, -0.2) is 66.4 Å². The van der Waals surface area contributed by atoms with Crippen molar-refractivity contribution in [2.24, 2.45) is 17.8 Å². The molecule has 1 saturated carbocycles. The maximum Gasteiger partial charge on any atom is 0.407 e. The molecule has 2 saturated heterocycles. The van der Waals surface area contributed by atoms with Gasteiger partial charge in [-0.2, -0.15) is 0 Å². The van der Waals surface area contributed by atoms with Crippen LogP contribution in [0.1, 0.15) is 50.4 Å². The molecule has 9 heteroatoms. The minimum atomic E-state index is -0.351. The number of carbonyl (C=O) groups excluding carboxylic acids is 1. The van der Waals surface area contributed by atoms with Crippen molar-refractivity contribution in [2.75, 3.05) is 44.7 Å². The summed E-state index contributed by atoms with van der Waals surface area (Å²) in [6, 6.07) is 16.4. The van der Waals surface area contributed by atoms with Gasteiger partial charge < -0.3 is 24.4 Å². The van der Waals surface area contributed by atoms with Crippen molar-refractivity contribution in [1.82, 2.24) is 19.8 Å². The molecular formula is C36H45ClN6O2. The fraction of sp³-hybridized carbons (Fsp3) is 0.528. The molecule has 45 heavy (non-hydrogen) atoms. The fourth-order valence-electron chi connectivity index (χ4n) is 8.43. The minimum absolute atomic E-state index is 0.152. The highest BCUT2D eigenvalue weighted by Crippen LogP contribution is 2.52. The summed E-state index contributed by atoms with van der Waals surface area (Å²) in [6.07, 6.45) is 9.49. The number of likely N-dealkylation sites (tertiary alicyclic amines) is 1. The number of nitrogens with zero attached hydrogens (tertiary/aromatic N) is 5. The summed E-state index contributed by atoms with van der Waals surface area (Å²) < 4.78 is 8.46. The van der Waals surface area contributed by atoms with Crippen molar-refractivity contribution in [3.05, 3.63) is 88.8 Å². The van der Waals surface area contributed by atoms with Crippen LogP contribution in [0.25, 0.3) is 4.85 Å². The van der Waals surface area contributed by atoms with E-state index in [2.05, 4.69) is 68.0 Å². The summed E-state index contributed by atoms with van der Waals surface area (Å²) in [5.41, 5.74) is 2.89. The lowest BCUT2D eigenvalue weighted by Crippen LogP contribution is -2.55. The van der Waals surface area contributed by atoms with Gasteiger partial charge in [0.1, 0.15) is 11.9 Å². The number of aryl methyl sites for hydroxylation is 1. The van der Waals surface area contributed by atoms with E-state index < -0.39 is 0 Å². The number of ether oxygens (including phenoxy) is 1. The molecule has 6 rings (SSSR count). The molecule has 1 N–H and O–H groups in total. The molecule has 1 amide bonds. The first-order valence-electron chi connectivity index (χ1n) is 16.5. The number of benzene rings is 2. The molecule has 238 valence electrons. The average molecular weight is 629 g/mol. The number of alkyl carbamates (subject to hydrolysis) is 1. The first kappa shape index (κ1) is 31.4. The van der Waals surface area contributed by atoms with Crippen molar-refractivity contribution in [2.45, 2.75) is 63.5 Å². The second-order valence-corrected chi connectivity index (χ2v) is 13.5. The lowest BCUT2D eigenvalue weighted by molar-refractivity contribution is 0.00173. The number of carbonyl (C=O) groups is 1. The molecule has 0 spiro atoms. The number of halogens is 1. The zero-order valence-electron chi connectivity index (χ0n) is 26.5. The van der Waals surface area contributed by atoms with Gasteiger partial charge in [0.05, 0.1) is 6.57 Å². The Labute approximate surface area is 272 Å². The molecular weight excluding hydrogens is 584 g/mol. The van der Waals surface area contributed by atoms with Gasteiger partial charge in [0, 0.05) is 80.0 Å². The van der Waals surface area contributed by atoms with E-state index in [0.29, 0.717) is 17.5 Å². The van der Waals surface area contributed by atoms with E-state index in [1.165, 1.54) is 11.3 Å². The van der Waals surface area contributed by atoms with Gasteiger partial charge in [-0.25, -0.2) is 14.6 Å². The summed E-state index contributed by atoms with van der Waals surface area (Å²) in [4.78, 5) is 25.8. The molecule has 3 aliphatic rings. The quantitative estimate of drug-likeness (QED) is 0.246. The number of piperidine rings is 1. The van der Waals surface area contributed by atoms with Gasteiger partial charge in [0.25, 0.3) is 0 Å². The lowest BCUT2D eigenvalue weighted by atomic mass is 9.58. The third-order valence-corrected chi connectivity index (χ3v) is 10.9. The maximum absolute atomic E-state index is 12.6. The van der Waals surface area contributed by atoms with Crippen molar-refractivity contribution in [3.8, 4) is 0 Å². The molecule has 3 fully saturated rings. The van der Waals surface area contributed by atoms with Crippen LogP contribution in [0.5, 0.6) is 0 Å². The Morgan fingerprint density at radius 2 is 1.91 bits per heavy atom. The Bertz CT molecular complexity index is 1490. The third kappa shape index (κ3) is 6.57. The van der Waals surface area contributed by atoms with Crippen LogP contribution in [0, 0.1) is 24.3 Å². The Balaban J connectivity index is 1.23. The van der Waals surface area contributed by atoms with E-state index in [9.17, 15) is 4.79 Å². The second-order valence-electron chi connectivity index (χ2n) is 13.1. The standard InChI is InChI=1S/C36H45ClN6O2/c1-4-34-40-17-20-42(34)25-36(28-7-5-8-29(37)21-28,32-9-6-10-33(32)45-35(44)39-3)27-15-18-41(19-16-27)22-26-23-43(24-26)31-13-11-30(38-2)12-14-31/h5,7-8,11-14,17,20-21,26-27,32-33H,4,6,9-10,15-16,18-19,22-25H2,1,3H3,(H,39,44)/t32-,33-,36?/m0/s1. The molecule has 0 radical (unpaired) electrons. The highest BCUT2D eigenvalue weighted by molar-refractivity contribution is 6.30. The monoisotopic (exact) mass is 628 g/mol. The maximum atomic E-state index is 12.6. The van der Waals surface area contributed by atoms with Crippen LogP contribution in [0.2, 0.25) is 5.02 Å². The topological polar surface area (TPSA) is 67.0 Å². The largest absolute Gasteiger partial charge is 0.446 e. The molecule has 2 aliphatic heterocycles. The van der Waals surface area contributed by atoms with Gasteiger partial charge >= 0.3 is 6.09 Å². The first-order valence-corrected chi connectivity index (χ1v) is 16.9.